The molecule has 0 bridgehead atoms. The van der Waals surface area contributed by atoms with Crippen molar-refractivity contribution in [1.29, 1.82) is 0 Å². The number of amides is 1. The Morgan fingerprint density at radius 2 is 1.88 bits per heavy atom. The molecule has 1 fully saturated rings. The summed E-state index contributed by atoms with van der Waals surface area (Å²) in [5, 5.41) is 2.78. The van der Waals surface area contributed by atoms with Crippen LogP contribution in [-0.2, 0) is 17.4 Å². The van der Waals surface area contributed by atoms with Crippen molar-refractivity contribution >= 4 is 5.91 Å². The van der Waals surface area contributed by atoms with Gasteiger partial charge in [-0.15, -0.1) is 0 Å². The van der Waals surface area contributed by atoms with E-state index in [0.29, 0.717) is 0 Å². The van der Waals surface area contributed by atoms with Crippen LogP contribution in [0.3, 0.4) is 0 Å². The number of carbonyl (C=O) groups is 1. The number of likely N-dealkylation sites (tertiary alicyclic amines) is 1. The van der Waals surface area contributed by atoms with E-state index in [4.69, 9.17) is 0 Å². The smallest absolute Gasteiger partial charge is 0.354 e. The van der Waals surface area contributed by atoms with E-state index in [1.165, 1.54) is 19.8 Å². The van der Waals surface area contributed by atoms with Gasteiger partial charge >= 0.3 is 6.18 Å². The Labute approximate surface area is 146 Å². The highest BCUT2D eigenvalue weighted by Crippen LogP contribution is 2.27. The van der Waals surface area contributed by atoms with Crippen LogP contribution < -0.4 is 5.32 Å². The van der Waals surface area contributed by atoms with Gasteiger partial charge in [-0.2, -0.15) is 13.2 Å². The molecule has 0 saturated carbocycles. The average Bonchev–Trinajstić information content (AvgIpc) is 2.82. The van der Waals surface area contributed by atoms with Crippen molar-refractivity contribution < 1.29 is 18.0 Å². The molecule has 2 heterocycles. The Kier molecular flexibility index (Phi) is 6.75. The molecule has 8 heteroatoms. The fourth-order valence-corrected chi connectivity index (χ4v) is 2.98. The van der Waals surface area contributed by atoms with Crippen LogP contribution in [-0.4, -0.2) is 46.5 Å². The fourth-order valence-electron chi connectivity index (χ4n) is 2.98. The minimum atomic E-state index is -4.49. The van der Waals surface area contributed by atoms with Gasteiger partial charge in [0, 0.05) is 18.7 Å². The molecule has 0 aliphatic carbocycles. The molecular formula is C17H25F3N4O. The van der Waals surface area contributed by atoms with Crippen LogP contribution in [0.15, 0.2) is 6.07 Å². The van der Waals surface area contributed by atoms with E-state index >= 15 is 0 Å². The Bertz CT molecular complexity index is 584. The number of nitrogens with zero attached hydrogens (tertiary/aromatic N) is 3. The van der Waals surface area contributed by atoms with E-state index in [1.807, 2.05) is 6.92 Å². The monoisotopic (exact) mass is 358 g/mol. The molecule has 0 unspecified atom stereocenters. The molecular weight excluding hydrogens is 333 g/mol. The molecule has 25 heavy (non-hydrogen) atoms. The molecule has 1 atom stereocenters. The lowest BCUT2D eigenvalue weighted by atomic mass is 10.2. The molecule has 0 spiro atoms. The normalized spacial score (nSPS) is 17.8. The highest BCUT2D eigenvalue weighted by molar-refractivity contribution is 5.81. The number of hydrogen-bond acceptors (Lipinski definition) is 4. The Balaban J connectivity index is 1.87. The summed E-state index contributed by atoms with van der Waals surface area (Å²) in [6.45, 7) is 5.40. The third kappa shape index (κ3) is 5.95. The van der Waals surface area contributed by atoms with Gasteiger partial charge in [0.1, 0.15) is 11.5 Å². The average molecular weight is 358 g/mol. The fraction of sp³-hybridized carbons (Fsp3) is 0.706. The van der Waals surface area contributed by atoms with Gasteiger partial charge in [-0.3, -0.25) is 9.69 Å². The van der Waals surface area contributed by atoms with Gasteiger partial charge in [-0.05, 0) is 45.8 Å². The molecule has 0 aromatic carbocycles. The molecule has 2 rings (SSSR count). The van der Waals surface area contributed by atoms with E-state index in [0.717, 1.165) is 32.0 Å². The lowest BCUT2D eigenvalue weighted by molar-refractivity contribution is -0.141. The number of aromatic nitrogens is 2. The van der Waals surface area contributed by atoms with Gasteiger partial charge in [0.2, 0.25) is 5.91 Å². The summed E-state index contributed by atoms with van der Waals surface area (Å²) in [6.07, 6.45) is 0.244. The molecule has 0 radical (unpaired) electrons. The highest BCUT2D eigenvalue weighted by atomic mass is 19.4. The molecule has 1 aromatic rings. The zero-order valence-corrected chi connectivity index (χ0v) is 14.7. The van der Waals surface area contributed by atoms with E-state index in [1.54, 1.807) is 0 Å². The standard InChI is InChI=1S/C17H25F3N4O/c1-12-11-14(17(18,19)20)23-15(22-12)7-8-21-16(25)13(2)24-9-5-3-4-6-10-24/h11,13H,3-10H2,1-2H3,(H,21,25)/t13-/m1/s1. The number of hydrogen-bond donors (Lipinski definition) is 1. The third-order valence-electron chi connectivity index (χ3n) is 4.41. The van der Waals surface area contributed by atoms with Crippen LogP contribution in [0.4, 0.5) is 13.2 Å². The largest absolute Gasteiger partial charge is 0.433 e. The van der Waals surface area contributed by atoms with Crippen LogP contribution in [0.25, 0.3) is 0 Å². The number of halogens is 3. The number of aryl methyl sites for hydroxylation is 1. The Morgan fingerprint density at radius 1 is 1.24 bits per heavy atom. The van der Waals surface area contributed by atoms with Crippen molar-refractivity contribution in [1.82, 2.24) is 20.2 Å². The highest BCUT2D eigenvalue weighted by Gasteiger charge is 2.33. The van der Waals surface area contributed by atoms with Crippen LogP contribution in [0.1, 0.15) is 49.8 Å². The van der Waals surface area contributed by atoms with E-state index in [2.05, 4.69) is 20.2 Å². The maximum absolute atomic E-state index is 12.8. The van der Waals surface area contributed by atoms with Gasteiger partial charge in [0.15, 0.2) is 0 Å². The predicted molar refractivity (Wildman–Crippen MR) is 88.0 cm³/mol. The van der Waals surface area contributed by atoms with Gasteiger partial charge < -0.3 is 5.32 Å². The van der Waals surface area contributed by atoms with E-state index in [9.17, 15) is 18.0 Å². The van der Waals surface area contributed by atoms with Crippen molar-refractivity contribution in [3.05, 3.63) is 23.3 Å². The molecule has 1 N–H and O–H groups in total. The summed E-state index contributed by atoms with van der Waals surface area (Å²) in [5.41, 5.74) is -0.680. The van der Waals surface area contributed by atoms with Gasteiger partial charge in [0.05, 0.1) is 6.04 Å². The summed E-state index contributed by atoms with van der Waals surface area (Å²) in [4.78, 5) is 22.0. The molecule has 1 aliphatic heterocycles. The lowest BCUT2D eigenvalue weighted by Crippen LogP contribution is -2.46. The van der Waals surface area contributed by atoms with Crippen molar-refractivity contribution in [3.63, 3.8) is 0 Å². The number of alkyl halides is 3. The SMILES string of the molecule is Cc1cc(C(F)(F)F)nc(CCNC(=O)[C@@H](C)N2CCCCCC2)n1. The van der Waals surface area contributed by atoms with Gasteiger partial charge in [-0.25, -0.2) is 9.97 Å². The van der Waals surface area contributed by atoms with Crippen LogP contribution in [0, 0.1) is 6.92 Å². The second kappa shape index (κ2) is 8.60. The third-order valence-corrected chi connectivity index (χ3v) is 4.41. The maximum Gasteiger partial charge on any atom is 0.433 e. The first kappa shape index (κ1) is 19.6. The summed E-state index contributed by atoms with van der Waals surface area (Å²) in [6, 6.07) is 0.686. The zero-order valence-electron chi connectivity index (χ0n) is 14.7. The molecule has 140 valence electrons. The number of nitrogens with one attached hydrogen (secondary N) is 1. The first-order valence-electron chi connectivity index (χ1n) is 8.71. The van der Waals surface area contributed by atoms with Gasteiger partial charge in [-0.1, -0.05) is 12.8 Å². The second-order valence-corrected chi connectivity index (χ2v) is 6.48. The molecule has 5 nitrogen and oxygen atoms in total. The quantitative estimate of drug-likeness (QED) is 0.879. The van der Waals surface area contributed by atoms with Crippen molar-refractivity contribution in [2.24, 2.45) is 0 Å². The number of rotatable bonds is 5. The van der Waals surface area contributed by atoms with E-state index in [-0.39, 0.29) is 36.4 Å². The Hall–Kier alpha value is -1.70. The van der Waals surface area contributed by atoms with Crippen LogP contribution in [0.2, 0.25) is 0 Å². The molecule has 1 amide bonds. The summed E-state index contributed by atoms with van der Waals surface area (Å²) in [7, 11) is 0. The van der Waals surface area contributed by atoms with Crippen LogP contribution >= 0.6 is 0 Å². The van der Waals surface area contributed by atoms with Crippen molar-refractivity contribution in [3.8, 4) is 0 Å². The van der Waals surface area contributed by atoms with Crippen molar-refractivity contribution in [2.75, 3.05) is 19.6 Å². The lowest BCUT2D eigenvalue weighted by Gasteiger charge is -2.26. The summed E-state index contributed by atoms with van der Waals surface area (Å²) < 4.78 is 38.3. The second-order valence-electron chi connectivity index (χ2n) is 6.48. The van der Waals surface area contributed by atoms with Gasteiger partial charge in [0.25, 0.3) is 0 Å². The molecule has 1 aliphatic rings. The summed E-state index contributed by atoms with van der Waals surface area (Å²) >= 11 is 0. The minimum absolute atomic E-state index is 0.0926. The number of carbonyl (C=O) groups excluding carboxylic acids is 1. The topological polar surface area (TPSA) is 58.1 Å². The molecule has 1 saturated heterocycles. The van der Waals surface area contributed by atoms with E-state index < -0.39 is 11.9 Å². The first-order chi connectivity index (χ1) is 11.8. The predicted octanol–water partition coefficient (Wildman–Crippen LogP) is 2.73. The molecule has 1 aromatic heterocycles. The summed E-state index contributed by atoms with van der Waals surface area (Å²) in [5.74, 6) is -0.0133. The zero-order chi connectivity index (χ0) is 18.4. The van der Waals surface area contributed by atoms with Crippen LogP contribution in [0.5, 0.6) is 0 Å². The Morgan fingerprint density at radius 3 is 2.48 bits per heavy atom. The minimum Gasteiger partial charge on any atom is -0.354 e. The maximum atomic E-state index is 12.8. The van der Waals surface area contributed by atoms with Crippen molar-refractivity contribution in [2.45, 2.75) is 58.2 Å². The first-order valence-corrected chi connectivity index (χ1v) is 8.71.